The molecule has 0 aromatic carbocycles. The number of aliphatic hydroxyl groups is 1. The summed E-state index contributed by atoms with van der Waals surface area (Å²) in [6.07, 6.45) is 4.77. The van der Waals surface area contributed by atoms with Crippen LogP contribution in [0.25, 0.3) is 0 Å². The minimum atomic E-state index is 0.243. The molecule has 0 fully saturated rings. The van der Waals surface area contributed by atoms with Crippen LogP contribution in [-0.4, -0.2) is 24.8 Å². The van der Waals surface area contributed by atoms with Crippen molar-refractivity contribution in [3.8, 4) is 0 Å². The lowest BCUT2D eigenvalue weighted by atomic mass is 10.3. The summed E-state index contributed by atoms with van der Waals surface area (Å²) < 4.78 is 0. The smallest absolute Gasteiger partial charge is 0.0465 e. The van der Waals surface area contributed by atoms with Crippen LogP contribution in [0.3, 0.4) is 0 Å². The van der Waals surface area contributed by atoms with Gasteiger partial charge in [-0.05, 0) is 20.4 Å². The highest BCUT2D eigenvalue weighted by atomic mass is 16.2. The van der Waals surface area contributed by atoms with Gasteiger partial charge in [-0.2, -0.15) is 0 Å². The Morgan fingerprint density at radius 2 is 2.33 bits per heavy atom. The maximum absolute atomic E-state index is 8.38. The highest BCUT2D eigenvalue weighted by molar-refractivity contribution is 4.89. The molecule has 54 valence electrons. The summed E-state index contributed by atoms with van der Waals surface area (Å²) >= 11 is 0. The Kier molecular flexibility index (Phi) is 5.57. The van der Waals surface area contributed by atoms with Gasteiger partial charge in [-0.15, -0.1) is 0 Å². The Bertz CT molecular complexity index is 81.0. The first-order valence-electron chi connectivity index (χ1n) is 3.26. The average molecular weight is 129 g/mol. The van der Waals surface area contributed by atoms with Crippen molar-refractivity contribution in [3.05, 3.63) is 12.2 Å². The molecule has 0 aromatic rings. The van der Waals surface area contributed by atoms with Crippen LogP contribution in [0.5, 0.6) is 0 Å². The van der Waals surface area contributed by atoms with Gasteiger partial charge in [-0.1, -0.05) is 12.2 Å². The van der Waals surface area contributed by atoms with Crippen molar-refractivity contribution in [1.29, 1.82) is 0 Å². The molecule has 0 aliphatic carbocycles. The first-order chi connectivity index (χ1) is 4.31. The molecule has 0 amide bonds. The molecule has 0 aliphatic rings. The molecule has 1 unspecified atom stereocenters. The highest BCUT2D eigenvalue weighted by Crippen LogP contribution is 1.85. The van der Waals surface area contributed by atoms with Crippen molar-refractivity contribution >= 4 is 0 Å². The molecule has 9 heavy (non-hydrogen) atoms. The van der Waals surface area contributed by atoms with Crippen LogP contribution in [0.15, 0.2) is 12.2 Å². The van der Waals surface area contributed by atoms with Crippen LogP contribution in [0.4, 0.5) is 0 Å². The number of rotatable bonds is 4. The van der Waals surface area contributed by atoms with Crippen molar-refractivity contribution in [2.24, 2.45) is 0 Å². The van der Waals surface area contributed by atoms with Gasteiger partial charge in [0.25, 0.3) is 0 Å². The van der Waals surface area contributed by atoms with E-state index in [1.54, 1.807) is 0 Å². The first-order valence-corrected chi connectivity index (χ1v) is 3.26. The Morgan fingerprint density at radius 1 is 1.67 bits per heavy atom. The van der Waals surface area contributed by atoms with Crippen LogP contribution in [-0.2, 0) is 0 Å². The molecule has 2 heteroatoms. The van der Waals surface area contributed by atoms with Gasteiger partial charge in [-0.3, -0.25) is 0 Å². The third-order valence-corrected chi connectivity index (χ3v) is 1.18. The molecule has 2 N–H and O–H groups in total. The largest absolute Gasteiger partial charge is 0.396 e. The van der Waals surface area contributed by atoms with E-state index >= 15 is 0 Å². The molecule has 2 nitrogen and oxygen atoms in total. The molecule has 0 saturated heterocycles. The van der Waals surface area contributed by atoms with Crippen LogP contribution < -0.4 is 5.32 Å². The van der Waals surface area contributed by atoms with Gasteiger partial charge in [0.15, 0.2) is 0 Å². The van der Waals surface area contributed by atoms with E-state index in [2.05, 4.69) is 12.2 Å². The third-order valence-electron chi connectivity index (χ3n) is 1.18. The van der Waals surface area contributed by atoms with Crippen molar-refractivity contribution in [2.45, 2.75) is 19.4 Å². The van der Waals surface area contributed by atoms with Crippen LogP contribution in [0.2, 0.25) is 0 Å². The minimum Gasteiger partial charge on any atom is -0.396 e. The summed E-state index contributed by atoms with van der Waals surface area (Å²) in [5.74, 6) is 0. The Morgan fingerprint density at radius 3 is 2.78 bits per heavy atom. The maximum Gasteiger partial charge on any atom is 0.0465 e. The first kappa shape index (κ1) is 8.66. The zero-order valence-electron chi connectivity index (χ0n) is 6.09. The second-order valence-electron chi connectivity index (χ2n) is 2.02. The summed E-state index contributed by atoms with van der Waals surface area (Å²) in [6, 6.07) is 0.413. The molecule has 1 atom stereocenters. The molecule has 0 aliphatic heterocycles. The lowest BCUT2D eigenvalue weighted by Crippen LogP contribution is -2.17. The zero-order valence-corrected chi connectivity index (χ0v) is 6.09. The number of aliphatic hydroxyl groups excluding tert-OH is 1. The van der Waals surface area contributed by atoms with Gasteiger partial charge in [-0.25, -0.2) is 0 Å². The second-order valence-corrected chi connectivity index (χ2v) is 2.02. The maximum atomic E-state index is 8.38. The Hall–Kier alpha value is -0.340. The Labute approximate surface area is 56.6 Å². The molecule has 0 heterocycles. The number of hydrogen-bond donors (Lipinski definition) is 2. The van der Waals surface area contributed by atoms with Gasteiger partial charge in [0.1, 0.15) is 0 Å². The van der Waals surface area contributed by atoms with Gasteiger partial charge < -0.3 is 10.4 Å². The van der Waals surface area contributed by atoms with Gasteiger partial charge in [0.2, 0.25) is 0 Å². The lowest BCUT2D eigenvalue weighted by Gasteiger charge is -2.00. The third kappa shape index (κ3) is 5.53. The van der Waals surface area contributed by atoms with Gasteiger partial charge >= 0.3 is 0 Å². The summed E-state index contributed by atoms with van der Waals surface area (Å²) in [4.78, 5) is 0. The van der Waals surface area contributed by atoms with E-state index < -0.39 is 0 Å². The topological polar surface area (TPSA) is 32.3 Å². The number of nitrogens with one attached hydrogen (secondary N) is 1. The van der Waals surface area contributed by atoms with Gasteiger partial charge in [0, 0.05) is 12.6 Å². The van der Waals surface area contributed by atoms with E-state index in [0.717, 1.165) is 6.42 Å². The van der Waals surface area contributed by atoms with Gasteiger partial charge in [0.05, 0.1) is 0 Å². The molecular formula is C7H15NO. The highest BCUT2D eigenvalue weighted by Gasteiger charge is 1.86. The molecule has 0 bridgehead atoms. The van der Waals surface area contributed by atoms with E-state index in [4.69, 9.17) is 5.11 Å². The predicted molar refractivity (Wildman–Crippen MR) is 39.4 cm³/mol. The lowest BCUT2D eigenvalue weighted by molar-refractivity contribution is 0.302. The standard InChI is InChI=1S/C7H15NO/c1-7(8-2)5-3-4-6-9/h3,5,7-9H,4,6H2,1-2H3. The van der Waals surface area contributed by atoms with E-state index in [9.17, 15) is 0 Å². The second kappa shape index (κ2) is 5.79. The van der Waals surface area contributed by atoms with E-state index in [-0.39, 0.29) is 6.61 Å². The van der Waals surface area contributed by atoms with Crippen molar-refractivity contribution in [1.82, 2.24) is 5.32 Å². The zero-order chi connectivity index (χ0) is 7.11. The molecule has 0 saturated carbocycles. The SMILES string of the molecule is CNC(C)C=CCCO. The van der Waals surface area contributed by atoms with Crippen LogP contribution in [0, 0.1) is 0 Å². The van der Waals surface area contributed by atoms with Crippen molar-refractivity contribution in [3.63, 3.8) is 0 Å². The number of hydrogen-bond acceptors (Lipinski definition) is 2. The molecule has 0 rings (SSSR count). The number of likely N-dealkylation sites (N-methyl/N-ethyl adjacent to an activating group) is 1. The molecule has 0 aromatic heterocycles. The normalized spacial score (nSPS) is 14.6. The Balaban J connectivity index is 3.20. The van der Waals surface area contributed by atoms with E-state index in [1.807, 2.05) is 19.2 Å². The van der Waals surface area contributed by atoms with Crippen LogP contribution in [0.1, 0.15) is 13.3 Å². The summed E-state index contributed by atoms with van der Waals surface area (Å²) in [6.45, 7) is 2.31. The van der Waals surface area contributed by atoms with E-state index in [0.29, 0.717) is 6.04 Å². The summed E-state index contributed by atoms with van der Waals surface area (Å²) in [7, 11) is 1.91. The molecular weight excluding hydrogens is 114 g/mol. The summed E-state index contributed by atoms with van der Waals surface area (Å²) in [5.41, 5.74) is 0. The fourth-order valence-corrected chi connectivity index (χ4v) is 0.471. The average Bonchev–Trinajstić information content (AvgIpc) is 1.89. The molecule has 0 radical (unpaired) electrons. The van der Waals surface area contributed by atoms with E-state index in [1.165, 1.54) is 0 Å². The minimum absolute atomic E-state index is 0.243. The fraction of sp³-hybridized carbons (Fsp3) is 0.714. The molecule has 0 spiro atoms. The predicted octanol–water partition coefficient (Wildman–Crippen LogP) is 0.533. The summed E-state index contributed by atoms with van der Waals surface area (Å²) in [5, 5.41) is 11.4. The monoisotopic (exact) mass is 129 g/mol. The van der Waals surface area contributed by atoms with Crippen molar-refractivity contribution in [2.75, 3.05) is 13.7 Å². The fourth-order valence-electron chi connectivity index (χ4n) is 0.471. The van der Waals surface area contributed by atoms with Crippen molar-refractivity contribution < 1.29 is 5.11 Å². The van der Waals surface area contributed by atoms with Crippen LogP contribution >= 0.6 is 0 Å². The quantitative estimate of drug-likeness (QED) is 0.543.